The molecule has 4 heteroatoms. The SMILES string of the molecule is CCN(C(=O)NC(C)C)c1cccc(F)c1. The average Bonchev–Trinajstić information content (AvgIpc) is 2.17. The second-order valence-electron chi connectivity index (χ2n) is 3.83. The number of nitrogens with zero attached hydrogens (tertiary/aromatic N) is 1. The highest BCUT2D eigenvalue weighted by atomic mass is 19.1. The summed E-state index contributed by atoms with van der Waals surface area (Å²) < 4.78 is 13.0. The third-order valence-corrected chi connectivity index (χ3v) is 2.09. The van der Waals surface area contributed by atoms with Crippen LogP contribution in [0.2, 0.25) is 0 Å². The van der Waals surface area contributed by atoms with Gasteiger partial charge in [0.1, 0.15) is 5.82 Å². The Hall–Kier alpha value is -1.58. The second kappa shape index (κ2) is 5.49. The Morgan fingerprint density at radius 3 is 2.69 bits per heavy atom. The van der Waals surface area contributed by atoms with Gasteiger partial charge in [-0.3, -0.25) is 4.90 Å². The molecule has 0 saturated heterocycles. The van der Waals surface area contributed by atoms with Crippen LogP contribution in [0.1, 0.15) is 20.8 Å². The number of rotatable bonds is 3. The summed E-state index contributed by atoms with van der Waals surface area (Å²) in [6, 6.07) is 5.88. The van der Waals surface area contributed by atoms with Gasteiger partial charge in [0.25, 0.3) is 0 Å². The van der Waals surface area contributed by atoms with Crippen molar-refractivity contribution in [3.8, 4) is 0 Å². The number of nitrogens with one attached hydrogen (secondary N) is 1. The average molecular weight is 224 g/mol. The highest BCUT2D eigenvalue weighted by molar-refractivity contribution is 5.91. The molecule has 1 N–H and O–H groups in total. The van der Waals surface area contributed by atoms with Crippen molar-refractivity contribution in [2.24, 2.45) is 0 Å². The van der Waals surface area contributed by atoms with Crippen molar-refractivity contribution in [3.05, 3.63) is 30.1 Å². The molecular weight excluding hydrogens is 207 g/mol. The number of halogens is 1. The summed E-state index contributed by atoms with van der Waals surface area (Å²) in [6.45, 7) is 6.13. The van der Waals surface area contributed by atoms with Gasteiger partial charge in [-0.2, -0.15) is 0 Å². The molecule has 0 aliphatic rings. The molecule has 3 nitrogen and oxygen atoms in total. The molecule has 0 heterocycles. The van der Waals surface area contributed by atoms with Crippen LogP contribution in [0.15, 0.2) is 24.3 Å². The Kier molecular flexibility index (Phi) is 4.28. The van der Waals surface area contributed by atoms with Crippen LogP contribution < -0.4 is 10.2 Å². The van der Waals surface area contributed by atoms with Crippen molar-refractivity contribution < 1.29 is 9.18 Å². The number of anilines is 1. The Morgan fingerprint density at radius 2 is 2.19 bits per heavy atom. The van der Waals surface area contributed by atoms with E-state index in [0.717, 1.165) is 0 Å². The number of carbonyl (C=O) groups excluding carboxylic acids is 1. The molecule has 0 spiro atoms. The lowest BCUT2D eigenvalue weighted by atomic mass is 10.3. The zero-order chi connectivity index (χ0) is 12.1. The predicted octanol–water partition coefficient (Wildman–Crippen LogP) is 2.77. The molecule has 16 heavy (non-hydrogen) atoms. The molecule has 1 rings (SSSR count). The Balaban J connectivity index is 2.85. The largest absolute Gasteiger partial charge is 0.336 e. The van der Waals surface area contributed by atoms with Crippen molar-refractivity contribution in [3.63, 3.8) is 0 Å². The predicted molar refractivity (Wildman–Crippen MR) is 63.1 cm³/mol. The molecular formula is C12H17FN2O. The summed E-state index contributed by atoms with van der Waals surface area (Å²) in [5.74, 6) is -0.340. The van der Waals surface area contributed by atoms with Crippen LogP contribution in [0.3, 0.4) is 0 Å². The van der Waals surface area contributed by atoms with Crippen LogP contribution in [0.4, 0.5) is 14.9 Å². The molecule has 88 valence electrons. The van der Waals surface area contributed by atoms with E-state index in [1.54, 1.807) is 12.1 Å². The van der Waals surface area contributed by atoms with Gasteiger partial charge in [-0.1, -0.05) is 6.07 Å². The molecule has 0 unspecified atom stereocenters. The molecule has 0 atom stereocenters. The highest BCUT2D eigenvalue weighted by Gasteiger charge is 2.14. The van der Waals surface area contributed by atoms with E-state index < -0.39 is 0 Å². The van der Waals surface area contributed by atoms with Gasteiger partial charge in [0, 0.05) is 18.3 Å². The molecule has 0 aliphatic carbocycles. The fourth-order valence-electron chi connectivity index (χ4n) is 1.41. The number of benzene rings is 1. The number of urea groups is 1. The first-order chi connectivity index (χ1) is 7.54. The van der Waals surface area contributed by atoms with Crippen LogP contribution in [-0.4, -0.2) is 18.6 Å². The van der Waals surface area contributed by atoms with E-state index in [9.17, 15) is 9.18 Å². The molecule has 0 bridgehead atoms. The number of amides is 2. The minimum atomic E-state index is -0.340. The molecule has 0 aromatic heterocycles. The van der Waals surface area contributed by atoms with Crippen molar-refractivity contribution in [2.75, 3.05) is 11.4 Å². The smallest absolute Gasteiger partial charge is 0.322 e. The van der Waals surface area contributed by atoms with E-state index >= 15 is 0 Å². The van der Waals surface area contributed by atoms with Crippen molar-refractivity contribution in [2.45, 2.75) is 26.8 Å². The Labute approximate surface area is 95.3 Å². The number of hydrogen-bond acceptors (Lipinski definition) is 1. The van der Waals surface area contributed by atoms with Crippen LogP contribution in [-0.2, 0) is 0 Å². The molecule has 1 aromatic carbocycles. The summed E-state index contributed by atoms with van der Waals surface area (Å²) in [5, 5.41) is 2.78. The maximum Gasteiger partial charge on any atom is 0.322 e. The lowest BCUT2D eigenvalue weighted by Crippen LogP contribution is -2.43. The Bertz CT molecular complexity index is 366. The lowest BCUT2D eigenvalue weighted by Gasteiger charge is -2.22. The normalized spacial score (nSPS) is 10.3. The van der Waals surface area contributed by atoms with Crippen molar-refractivity contribution >= 4 is 11.7 Å². The summed E-state index contributed by atoms with van der Waals surface area (Å²) in [4.78, 5) is 13.3. The maximum absolute atomic E-state index is 13.0. The first kappa shape index (κ1) is 12.5. The van der Waals surface area contributed by atoms with E-state index in [0.29, 0.717) is 12.2 Å². The van der Waals surface area contributed by atoms with Gasteiger partial charge in [-0.25, -0.2) is 9.18 Å². The van der Waals surface area contributed by atoms with E-state index in [1.165, 1.54) is 17.0 Å². The van der Waals surface area contributed by atoms with Gasteiger partial charge < -0.3 is 5.32 Å². The summed E-state index contributed by atoms with van der Waals surface area (Å²) in [6.07, 6.45) is 0. The van der Waals surface area contributed by atoms with Crippen LogP contribution in [0.25, 0.3) is 0 Å². The van der Waals surface area contributed by atoms with Gasteiger partial charge >= 0.3 is 6.03 Å². The molecule has 0 saturated carbocycles. The maximum atomic E-state index is 13.0. The van der Waals surface area contributed by atoms with Crippen LogP contribution in [0.5, 0.6) is 0 Å². The third kappa shape index (κ3) is 3.22. The van der Waals surface area contributed by atoms with Gasteiger partial charge in [0.2, 0.25) is 0 Å². The fourth-order valence-corrected chi connectivity index (χ4v) is 1.41. The molecule has 2 amide bonds. The van der Waals surface area contributed by atoms with E-state index in [4.69, 9.17) is 0 Å². The fraction of sp³-hybridized carbons (Fsp3) is 0.417. The van der Waals surface area contributed by atoms with Gasteiger partial charge in [-0.05, 0) is 39.0 Å². The molecule has 0 aliphatic heterocycles. The standard InChI is InChI=1S/C12H17FN2O/c1-4-15(12(16)14-9(2)3)11-7-5-6-10(13)8-11/h5-9H,4H2,1-3H3,(H,14,16). The third-order valence-electron chi connectivity index (χ3n) is 2.09. The molecule has 0 fully saturated rings. The van der Waals surface area contributed by atoms with E-state index in [2.05, 4.69) is 5.32 Å². The Morgan fingerprint density at radius 1 is 1.50 bits per heavy atom. The van der Waals surface area contributed by atoms with E-state index in [1.807, 2.05) is 20.8 Å². The zero-order valence-corrected chi connectivity index (χ0v) is 9.83. The van der Waals surface area contributed by atoms with Crippen LogP contribution >= 0.6 is 0 Å². The minimum Gasteiger partial charge on any atom is -0.336 e. The monoisotopic (exact) mass is 224 g/mol. The quantitative estimate of drug-likeness (QED) is 0.841. The summed E-state index contributed by atoms with van der Waals surface area (Å²) in [5.41, 5.74) is 0.570. The summed E-state index contributed by atoms with van der Waals surface area (Å²) >= 11 is 0. The van der Waals surface area contributed by atoms with Crippen molar-refractivity contribution in [1.82, 2.24) is 5.32 Å². The topological polar surface area (TPSA) is 32.3 Å². The summed E-state index contributed by atoms with van der Waals surface area (Å²) in [7, 11) is 0. The number of carbonyl (C=O) groups is 1. The first-order valence-corrected chi connectivity index (χ1v) is 5.38. The molecule has 1 aromatic rings. The van der Waals surface area contributed by atoms with Gasteiger partial charge in [0.05, 0.1) is 0 Å². The van der Waals surface area contributed by atoms with Crippen molar-refractivity contribution in [1.29, 1.82) is 0 Å². The lowest BCUT2D eigenvalue weighted by molar-refractivity contribution is 0.244. The second-order valence-corrected chi connectivity index (χ2v) is 3.83. The first-order valence-electron chi connectivity index (χ1n) is 5.38. The van der Waals surface area contributed by atoms with Gasteiger partial charge in [-0.15, -0.1) is 0 Å². The van der Waals surface area contributed by atoms with E-state index in [-0.39, 0.29) is 17.9 Å². The van der Waals surface area contributed by atoms with Gasteiger partial charge in [0.15, 0.2) is 0 Å². The minimum absolute atomic E-state index is 0.0649. The number of hydrogen-bond donors (Lipinski definition) is 1. The van der Waals surface area contributed by atoms with Crippen LogP contribution in [0, 0.1) is 5.82 Å². The highest BCUT2D eigenvalue weighted by Crippen LogP contribution is 2.15. The molecule has 0 radical (unpaired) electrons. The zero-order valence-electron chi connectivity index (χ0n) is 9.83.